The van der Waals surface area contributed by atoms with Crippen molar-refractivity contribution >= 4 is 17.4 Å². The standard InChI is InChI=1S/C12H13N3O3/c1-3-8-14(4-2)12(16)13-10-6-5-7-11(9-10)15(17)18/h1,5-7,9H,4,8H2,2H3,(H,13,16). The Labute approximate surface area is 105 Å². The van der Waals surface area contributed by atoms with E-state index in [1.165, 1.54) is 23.1 Å². The second-order valence-corrected chi connectivity index (χ2v) is 3.46. The van der Waals surface area contributed by atoms with Crippen LogP contribution in [0.15, 0.2) is 24.3 Å². The normalized spacial score (nSPS) is 9.33. The first-order valence-corrected chi connectivity index (χ1v) is 5.32. The number of amides is 2. The number of non-ortho nitro benzene ring substituents is 1. The van der Waals surface area contributed by atoms with Crippen molar-refractivity contribution in [1.29, 1.82) is 0 Å². The fourth-order valence-electron chi connectivity index (χ4n) is 1.34. The number of anilines is 1. The maximum absolute atomic E-state index is 11.8. The quantitative estimate of drug-likeness (QED) is 0.502. The highest BCUT2D eigenvalue weighted by molar-refractivity contribution is 5.89. The molecule has 6 nitrogen and oxygen atoms in total. The van der Waals surface area contributed by atoms with Crippen LogP contribution >= 0.6 is 0 Å². The number of nitrogens with one attached hydrogen (secondary N) is 1. The molecule has 0 aliphatic heterocycles. The van der Waals surface area contributed by atoms with E-state index in [1.54, 1.807) is 13.0 Å². The first-order chi connectivity index (χ1) is 8.58. The van der Waals surface area contributed by atoms with Crippen molar-refractivity contribution in [1.82, 2.24) is 4.90 Å². The Balaban J connectivity index is 2.78. The summed E-state index contributed by atoms with van der Waals surface area (Å²) in [5, 5.41) is 13.1. The Bertz CT molecular complexity index is 494. The van der Waals surface area contributed by atoms with E-state index in [2.05, 4.69) is 11.2 Å². The van der Waals surface area contributed by atoms with E-state index in [4.69, 9.17) is 6.42 Å². The minimum atomic E-state index is -0.519. The Morgan fingerprint density at radius 2 is 2.33 bits per heavy atom. The monoisotopic (exact) mass is 247 g/mol. The number of nitro groups is 1. The van der Waals surface area contributed by atoms with Gasteiger partial charge in [-0.25, -0.2) is 4.79 Å². The molecule has 0 unspecified atom stereocenters. The second-order valence-electron chi connectivity index (χ2n) is 3.46. The number of benzene rings is 1. The van der Waals surface area contributed by atoms with Gasteiger partial charge < -0.3 is 10.2 Å². The van der Waals surface area contributed by atoms with Gasteiger partial charge in [-0.05, 0) is 13.0 Å². The van der Waals surface area contributed by atoms with E-state index in [1.807, 2.05) is 0 Å². The maximum Gasteiger partial charge on any atom is 0.322 e. The number of rotatable bonds is 4. The molecule has 0 radical (unpaired) electrons. The summed E-state index contributed by atoms with van der Waals surface area (Å²) in [5.41, 5.74) is 0.289. The lowest BCUT2D eigenvalue weighted by atomic mass is 10.3. The third kappa shape index (κ3) is 3.49. The van der Waals surface area contributed by atoms with Crippen molar-refractivity contribution in [2.45, 2.75) is 6.92 Å². The van der Waals surface area contributed by atoms with E-state index >= 15 is 0 Å². The van der Waals surface area contributed by atoms with Gasteiger partial charge in [0.25, 0.3) is 5.69 Å². The molecule has 1 rings (SSSR count). The molecule has 6 heteroatoms. The number of urea groups is 1. The molecule has 94 valence electrons. The van der Waals surface area contributed by atoms with E-state index < -0.39 is 4.92 Å². The summed E-state index contributed by atoms with van der Waals surface area (Å²) in [6, 6.07) is 5.35. The zero-order chi connectivity index (χ0) is 13.5. The molecule has 1 aromatic carbocycles. The van der Waals surface area contributed by atoms with Crippen LogP contribution in [0.3, 0.4) is 0 Å². The molecule has 0 aliphatic rings. The van der Waals surface area contributed by atoms with Crippen molar-refractivity contribution in [3.05, 3.63) is 34.4 Å². The maximum atomic E-state index is 11.8. The third-order valence-corrected chi connectivity index (χ3v) is 2.26. The van der Waals surface area contributed by atoms with Gasteiger partial charge >= 0.3 is 6.03 Å². The summed E-state index contributed by atoms with van der Waals surface area (Å²) in [5.74, 6) is 2.37. The van der Waals surface area contributed by atoms with Crippen LogP contribution in [0.2, 0.25) is 0 Å². The summed E-state index contributed by atoms with van der Waals surface area (Å²) >= 11 is 0. The summed E-state index contributed by atoms with van der Waals surface area (Å²) in [4.78, 5) is 23.2. The molecule has 0 saturated carbocycles. The summed E-state index contributed by atoms with van der Waals surface area (Å²) in [6.07, 6.45) is 5.14. The number of terminal acetylenes is 1. The van der Waals surface area contributed by atoms with Crippen molar-refractivity contribution in [3.63, 3.8) is 0 Å². The molecule has 0 bridgehead atoms. The number of carbonyl (C=O) groups is 1. The zero-order valence-electron chi connectivity index (χ0n) is 9.92. The predicted molar refractivity (Wildman–Crippen MR) is 68.2 cm³/mol. The predicted octanol–water partition coefficient (Wildman–Crippen LogP) is 2.08. The number of hydrogen-bond acceptors (Lipinski definition) is 3. The first-order valence-electron chi connectivity index (χ1n) is 5.32. The average molecular weight is 247 g/mol. The largest absolute Gasteiger partial charge is 0.322 e. The minimum Gasteiger partial charge on any atom is -0.314 e. The van der Waals surface area contributed by atoms with Crippen LogP contribution in [0, 0.1) is 22.5 Å². The molecule has 1 N–H and O–H groups in total. The Morgan fingerprint density at radius 3 is 2.89 bits per heavy atom. The van der Waals surface area contributed by atoms with Gasteiger partial charge in [0.05, 0.1) is 11.5 Å². The molecule has 0 aliphatic carbocycles. The highest BCUT2D eigenvalue weighted by Gasteiger charge is 2.12. The van der Waals surface area contributed by atoms with Crippen LogP contribution in [0.5, 0.6) is 0 Å². The lowest BCUT2D eigenvalue weighted by Crippen LogP contribution is -2.35. The topological polar surface area (TPSA) is 75.5 Å². The van der Waals surface area contributed by atoms with Crippen LogP contribution in [-0.2, 0) is 0 Å². The Kier molecular flexibility index (Phi) is 4.69. The molecule has 0 atom stereocenters. The van der Waals surface area contributed by atoms with Crippen LogP contribution in [0.4, 0.5) is 16.2 Å². The smallest absolute Gasteiger partial charge is 0.314 e. The van der Waals surface area contributed by atoms with E-state index in [0.717, 1.165) is 0 Å². The summed E-state index contributed by atoms with van der Waals surface area (Å²) in [7, 11) is 0. The summed E-state index contributed by atoms with van der Waals surface area (Å²) < 4.78 is 0. The van der Waals surface area contributed by atoms with Crippen LogP contribution in [-0.4, -0.2) is 28.9 Å². The van der Waals surface area contributed by atoms with Gasteiger partial charge in [-0.3, -0.25) is 10.1 Å². The van der Waals surface area contributed by atoms with Crippen LogP contribution in [0.1, 0.15) is 6.92 Å². The van der Waals surface area contributed by atoms with Crippen LogP contribution in [0.25, 0.3) is 0 Å². The van der Waals surface area contributed by atoms with E-state index in [0.29, 0.717) is 12.2 Å². The number of hydrogen-bond donors (Lipinski definition) is 1. The minimum absolute atomic E-state index is 0.0761. The number of carbonyl (C=O) groups excluding carboxylic acids is 1. The number of nitrogens with zero attached hydrogens (tertiary/aromatic N) is 2. The Morgan fingerprint density at radius 1 is 1.61 bits per heavy atom. The van der Waals surface area contributed by atoms with Crippen molar-refractivity contribution in [2.75, 3.05) is 18.4 Å². The summed E-state index contributed by atoms with van der Waals surface area (Å²) in [6.45, 7) is 2.45. The van der Waals surface area contributed by atoms with Gasteiger partial charge in [-0.15, -0.1) is 6.42 Å². The molecule has 18 heavy (non-hydrogen) atoms. The lowest BCUT2D eigenvalue weighted by molar-refractivity contribution is -0.384. The van der Waals surface area contributed by atoms with Gasteiger partial charge in [0, 0.05) is 24.4 Å². The highest BCUT2D eigenvalue weighted by Crippen LogP contribution is 2.17. The average Bonchev–Trinajstić information content (AvgIpc) is 2.36. The molecular weight excluding hydrogens is 234 g/mol. The van der Waals surface area contributed by atoms with Crippen molar-refractivity contribution in [3.8, 4) is 12.3 Å². The zero-order valence-corrected chi connectivity index (χ0v) is 9.92. The second kappa shape index (κ2) is 6.25. The van der Waals surface area contributed by atoms with Gasteiger partial charge in [0.15, 0.2) is 0 Å². The molecule has 0 spiro atoms. The first kappa shape index (κ1) is 13.5. The van der Waals surface area contributed by atoms with Gasteiger partial charge in [0.2, 0.25) is 0 Å². The molecular formula is C12H13N3O3. The van der Waals surface area contributed by atoms with Gasteiger partial charge in [0.1, 0.15) is 0 Å². The fourth-order valence-corrected chi connectivity index (χ4v) is 1.34. The molecule has 0 fully saturated rings. The third-order valence-electron chi connectivity index (χ3n) is 2.26. The Hall–Kier alpha value is -2.55. The van der Waals surface area contributed by atoms with E-state index in [9.17, 15) is 14.9 Å². The molecule has 0 saturated heterocycles. The number of nitro benzene ring substituents is 1. The van der Waals surface area contributed by atoms with Crippen molar-refractivity contribution in [2.24, 2.45) is 0 Å². The van der Waals surface area contributed by atoms with Crippen LogP contribution < -0.4 is 5.32 Å². The van der Waals surface area contributed by atoms with Gasteiger partial charge in [-0.2, -0.15) is 0 Å². The van der Waals surface area contributed by atoms with Gasteiger partial charge in [-0.1, -0.05) is 12.0 Å². The molecule has 1 aromatic rings. The van der Waals surface area contributed by atoms with Crippen molar-refractivity contribution < 1.29 is 9.72 Å². The molecule has 0 heterocycles. The molecule has 2 amide bonds. The van der Waals surface area contributed by atoms with E-state index in [-0.39, 0.29) is 18.3 Å². The lowest BCUT2D eigenvalue weighted by Gasteiger charge is -2.18. The highest BCUT2D eigenvalue weighted by atomic mass is 16.6. The molecule has 0 aromatic heterocycles. The SMILES string of the molecule is C#CCN(CC)C(=O)Nc1cccc([N+](=O)[O-])c1. The fraction of sp³-hybridized carbons (Fsp3) is 0.250.